The van der Waals surface area contributed by atoms with Crippen LogP contribution in [0.3, 0.4) is 0 Å². The third-order valence-electron chi connectivity index (χ3n) is 6.52. The Morgan fingerprint density at radius 1 is 1.06 bits per heavy atom. The lowest BCUT2D eigenvalue weighted by Gasteiger charge is -2.24. The number of esters is 1. The number of carbonyl (C=O) groups excluding carboxylic acids is 4. The van der Waals surface area contributed by atoms with E-state index < -0.39 is 30.1 Å². The zero-order valence-corrected chi connectivity index (χ0v) is 20.3. The van der Waals surface area contributed by atoms with Crippen LogP contribution < -0.4 is 16.0 Å². The molecule has 1 aliphatic heterocycles. The van der Waals surface area contributed by atoms with E-state index in [2.05, 4.69) is 16.0 Å². The molecule has 9 nitrogen and oxygen atoms in total. The number of rotatable bonds is 12. The van der Waals surface area contributed by atoms with Gasteiger partial charge in [0.25, 0.3) is 0 Å². The SMILES string of the molecule is COC(=O)[C@H](C[C@@H]1CCNC1=O)NC(=O)C(CC(C)C)NC(=O)OCCCC1CCCCC1. The summed E-state index contributed by atoms with van der Waals surface area (Å²) in [7, 11) is 1.24. The Morgan fingerprint density at radius 3 is 2.39 bits per heavy atom. The molecule has 0 bridgehead atoms. The van der Waals surface area contributed by atoms with Gasteiger partial charge in [0, 0.05) is 12.5 Å². The molecule has 1 saturated carbocycles. The van der Waals surface area contributed by atoms with Gasteiger partial charge in [-0.2, -0.15) is 0 Å². The third kappa shape index (κ3) is 9.60. The molecule has 188 valence electrons. The molecule has 9 heteroatoms. The molecule has 1 heterocycles. The van der Waals surface area contributed by atoms with Crippen LogP contribution in [0.15, 0.2) is 0 Å². The molecule has 0 radical (unpaired) electrons. The van der Waals surface area contributed by atoms with E-state index in [-0.39, 0.29) is 24.2 Å². The summed E-state index contributed by atoms with van der Waals surface area (Å²) in [5.74, 6) is -0.744. The fraction of sp³-hybridized carbons (Fsp3) is 0.833. The lowest BCUT2D eigenvalue weighted by Crippen LogP contribution is -2.53. The van der Waals surface area contributed by atoms with Crippen molar-refractivity contribution in [3.05, 3.63) is 0 Å². The summed E-state index contributed by atoms with van der Waals surface area (Å²) in [5, 5.41) is 8.05. The van der Waals surface area contributed by atoms with Gasteiger partial charge in [-0.15, -0.1) is 0 Å². The average Bonchev–Trinajstić information content (AvgIpc) is 3.20. The van der Waals surface area contributed by atoms with Crippen molar-refractivity contribution in [1.82, 2.24) is 16.0 Å². The molecule has 0 aromatic rings. The van der Waals surface area contributed by atoms with E-state index in [9.17, 15) is 19.2 Å². The molecule has 1 unspecified atom stereocenters. The van der Waals surface area contributed by atoms with Crippen LogP contribution in [0.4, 0.5) is 4.79 Å². The van der Waals surface area contributed by atoms with Gasteiger partial charge in [0.15, 0.2) is 0 Å². The van der Waals surface area contributed by atoms with Gasteiger partial charge in [-0.05, 0) is 43.9 Å². The summed E-state index contributed by atoms with van der Waals surface area (Å²) < 4.78 is 10.1. The van der Waals surface area contributed by atoms with E-state index in [4.69, 9.17) is 9.47 Å². The number of hydrogen-bond acceptors (Lipinski definition) is 6. The summed E-state index contributed by atoms with van der Waals surface area (Å²) in [5.41, 5.74) is 0. The molecule has 0 aromatic heterocycles. The summed E-state index contributed by atoms with van der Waals surface area (Å²) >= 11 is 0. The van der Waals surface area contributed by atoms with Gasteiger partial charge in [0.2, 0.25) is 11.8 Å². The quantitative estimate of drug-likeness (QED) is 0.300. The second kappa shape index (κ2) is 14.1. The number of ether oxygens (including phenoxy) is 2. The van der Waals surface area contributed by atoms with Gasteiger partial charge in [0.1, 0.15) is 12.1 Å². The Hall–Kier alpha value is -2.32. The van der Waals surface area contributed by atoms with Gasteiger partial charge in [-0.3, -0.25) is 9.59 Å². The maximum atomic E-state index is 12.9. The lowest BCUT2D eigenvalue weighted by molar-refractivity contribution is -0.146. The van der Waals surface area contributed by atoms with Crippen molar-refractivity contribution in [2.24, 2.45) is 17.8 Å². The first kappa shape index (κ1) is 26.9. The maximum absolute atomic E-state index is 12.9. The molecule has 1 saturated heterocycles. The van der Waals surface area contributed by atoms with Crippen LogP contribution in [-0.2, 0) is 23.9 Å². The molecule has 1 aliphatic carbocycles. The normalized spacial score (nSPS) is 20.6. The first-order valence-electron chi connectivity index (χ1n) is 12.4. The molecule has 2 rings (SSSR count). The van der Waals surface area contributed by atoms with Gasteiger partial charge in [-0.25, -0.2) is 9.59 Å². The number of nitrogens with one attached hydrogen (secondary N) is 3. The molecule has 3 N–H and O–H groups in total. The topological polar surface area (TPSA) is 123 Å². The van der Waals surface area contributed by atoms with Crippen molar-refractivity contribution in [2.75, 3.05) is 20.3 Å². The molecule has 3 atom stereocenters. The Bertz CT molecular complexity index is 663. The molecular formula is C24H41N3O6. The fourth-order valence-electron chi connectivity index (χ4n) is 4.68. The predicted octanol–water partition coefficient (Wildman–Crippen LogP) is 2.67. The molecule has 33 heavy (non-hydrogen) atoms. The second-order valence-electron chi connectivity index (χ2n) is 9.71. The van der Waals surface area contributed by atoms with E-state index in [1.807, 2.05) is 13.8 Å². The third-order valence-corrected chi connectivity index (χ3v) is 6.52. The second-order valence-corrected chi connectivity index (χ2v) is 9.71. The van der Waals surface area contributed by atoms with Crippen LogP contribution in [0.25, 0.3) is 0 Å². The average molecular weight is 468 g/mol. The van der Waals surface area contributed by atoms with Gasteiger partial charge in [0.05, 0.1) is 13.7 Å². The first-order valence-corrected chi connectivity index (χ1v) is 12.4. The van der Waals surface area contributed by atoms with Crippen LogP contribution in [0, 0.1) is 17.8 Å². The highest BCUT2D eigenvalue weighted by atomic mass is 16.5. The van der Waals surface area contributed by atoms with E-state index in [0.29, 0.717) is 26.0 Å². The number of hydrogen-bond donors (Lipinski definition) is 3. The van der Waals surface area contributed by atoms with Crippen LogP contribution >= 0.6 is 0 Å². The maximum Gasteiger partial charge on any atom is 0.407 e. The number of amides is 3. The highest BCUT2D eigenvalue weighted by Crippen LogP contribution is 2.27. The predicted molar refractivity (Wildman–Crippen MR) is 123 cm³/mol. The lowest BCUT2D eigenvalue weighted by atomic mass is 9.86. The van der Waals surface area contributed by atoms with Crippen LogP contribution in [0.1, 0.15) is 78.1 Å². The smallest absolute Gasteiger partial charge is 0.407 e. The molecule has 0 aromatic carbocycles. The van der Waals surface area contributed by atoms with Crippen LogP contribution in [0.2, 0.25) is 0 Å². The summed E-state index contributed by atoms with van der Waals surface area (Å²) in [6.45, 7) is 4.76. The summed E-state index contributed by atoms with van der Waals surface area (Å²) in [6, 6.07) is -1.81. The van der Waals surface area contributed by atoms with Gasteiger partial charge < -0.3 is 25.4 Å². The van der Waals surface area contributed by atoms with Crippen molar-refractivity contribution >= 4 is 23.9 Å². The zero-order chi connectivity index (χ0) is 24.2. The highest BCUT2D eigenvalue weighted by Gasteiger charge is 2.33. The summed E-state index contributed by atoms with van der Waals surface area (Å²) in [6.07, 6.45) is 8.79. The van der Waals surface area contributed by atoms with Crippen LogP contribution in [0.5, 0.6) is 0 Å². The van der Waals surface area contributed by atoms with E-state index >= 15 is 0 Å². The van der Waals surface area contributed by atoms with E-state index in [1.54, 1.807) is 0 Å². The van der Waals surface area contributed by atoms with Crippen molar-refractivity contribution in [3.63, 3.8) is 0 Å². The standard InChI is InChI=1S/C24H41N3O6/c1-16(2)14-19(27-24(31)33-13-7-10-17-8-5-4-6-9-17)22(29)26-20(23(30)32-3)15-18-11-12-25-21(18)28/h16-20H,4-15H2,1-3H3,(H,25,28)(H,26,29)(H,27,31)/t18-,19?,20-/m0/s1. The Kier molecular flexibility index (Phi) is 11.5. The molecule has 2 fully saturated rings. The zero-order valence-electron chi connectivity index (χ0n) is 20.3. The minimum absolute atomic E-state index is 0.129. The number of carbonyl (C=O) groups is 4. The van der Waals surface area contributed by atoms with E-state index in [0.717, 1.165) is 18.8 Å². The van der Waals surface area contributed by atoms with Crippen molar-refractivity contribution in [3.8, 4) is 0 Å². The fourth-order valence-corrected chi connectivity index (χ4v) is 4.68. The Morgan fingerprint density at radius 2 is 1.79 bits per heavy atom. The molecule has 0 spiro atoms. The van der Waals surface area contributed by atoms with Crippen molar-refractivity contribution < 1.29 is 28.7 Å². The first-order chi connectivity index (χ1) is 15.8. The number of methoxy groups -OCH3 is 1. The van der Waals surface area contributed by atoms with Crippen molar-refractivity contribution in [2.45, 2.75) is 90.1 Å². The molecule has 2 aliphatic rings. The molecule has 3 amide bonds. The molecular weight excluding hydrogens is 426 g/mol. The Labute approximate surface area is 197 Å². The van der Waals surface area contributed by atoms with Crippen LogP contribution in [-0.4, -0.2) is 56.2 Å². The minimum Gasteiger partial charge on any atom is -0.467 e. The number of alkyl carbamates (subject to hydrolysis) is 1. The minimum atomic E-state index is -0.959. The summed E-state index contributed by atoms with van der Waals surface area (Å²) in [4.78, 5) is 49.4. The van der Waals surface area contributed by atoms with Crippen molar-refractivity contribution in [1.29, 1.82) is 0 Å². The van der Waals surface area contributed by atoms with Gasteiger partial charge in [-0.1, -0.05) is 46.0 Å². The van der Waals surface area contributed by atoms with E-state index in [1.165, 1.54) is 39.2 Å². The van der Waals surface area contributed by atoms with Gasteiger partial charge >= 0.3 is 12.1 Å². The highest BCUT2D eigenvalue weighted by molar-refractivity contribution is 5.90. The Balaban J connectivity index is 1.85. The monoisotopic (exact) mass is 467 g/mol. The largest absolute Gasteiger partial charge is 0.467 e.